The fourth-order valence-corrected chi connectivity index (χ4v) is 3.29. The molecule has 0 bridgehead atoms. The summed E-state index contributed by atoms with van der Waals surface area (Å²) in [5.74, 6) is 0.763. The lowest BCUT2D eigenvalue weighted by molar-refractivity contribution is -0.0240. The maximum absolute atomic E-state index is 10.2. The first-order valence-corrected chi connectivity index (χ1v) is 7.68. The number of aliphatic hydroxyl groups is 2. The number of aliphatic hydroxyl groups excluding tert-OH is 2. The molecule has 1 aliphatic rings. The molecule has 1 aliphatic heterocycles. The van der Waals surface area contributed by atoms with E-state index < -0.39 is 18.3 Å². The summed E-state index contributed by atoms with van der Waals surface area (Å²) < 4.78 is 7.51. The lowest BCUT2D eigenvalue weighted by atomic mass is 9.96. The van der Waals surface area contributed by atoms with Crippen LogP contribution in [-0.2, 0) is 4.74 Å². The minimum atomic E-state index is -0.753. The molecule has 126 valence electrons. The number of aromatic nitrogens is 5. The summed E-state index contributed by atoms with van der Waals surface area (Å²) in [5.41, 5.74) is 8.16. The van der Waals surface area contributed by atoms with Crippen LogP contribution in [0.4, 0.5) is 5.82 Å². The first-order chi connectivity index (χ1) is 11.6. The molecule has 4 heterocycles. The SMILES string of the molecule is C[C@H]1C(O)[C@@H](CO)O[C@H]1c1cc(-c2ncc[nH]2)c2c(N)ncnn12. The van der Waals surface area contributed by atoms with Crippen LogP contribution in [-0.4, -0.2) is 53.6 Å². The summed E-state index contributed by atoms with van der Waals surface area (Å²) in [5, 5.41) is 23.9. The van der Waals surface area contributed by atoms with Crippen LogP contribution in [0.2, 0.25) is 0 Å². The number of nitrogen functional groups attached to an aromatic ring is 1. The quantitative estimate of drug-likeness (QED) is 0.536. The molecule has 0 radical (unpaired) electrons. The zero-order chi connectivity index (χ0) is 16.8. The molecule has 3 aromatic rings. The number of hydrogen-bond donors (Lipinski definition) is 4. The Bertz CT molecular complexity index is 862. The molecule has 1 unspecified atom stereocenters. The monoisotopic (exact) mass is 330 g/mol. The largest absolute Gasteiger partial charge is 0.394 e. The number of H-pyrrole nitrogens is 1. The summed E-state index contributed by atoms with van der Waals surface area (Å²) >= 11 is 0. The highest BCUT2D eigenvalue weighted by molar-refractivity contribution is 5.85. The minimum absolute atomic E-state index is 0.208. The van der Waals surface area contributed by atoms with Gasteiger partial charge in [-0.3, -0.25) is 0 Å². The molecular weight excluding hydrogens is 312 g/mol. The molecule has 4 atom stereocenters. The number of nitrogens with zero attached hydrogens (tertiary/aromatic N) is 4. The lowest BCUT2D eigenvalue weighted by Crippen LogP contribution is -2.27. The molecular formula is C15H18N6O3. The summed E-state index contributed by atoms with van der Waals surface area (Å²) in [6.45, 7) is 1.63. The van der Waals surface area contributed by atoms with Gasteiger partial charge in [-0.05, 0) is 6.07 Å². The highest BCUT2D eigenvalue weighted by Gasteiger charge is 2.43. The zero-order valence-corrected chi connectivity index (χ0v) is 13.0. The molecule has 5 N–H and O–H groups in total. The van der Waals surface area contributed by atoms with Crippen molar-refractivity contribution < 1.29 is 14.9 Å². The Morgan fingerprint density at radius 3 is 2.92 bits per heavy atom. The van der Waals surface area contributed by atoms with Crippen molar-refractivity contribution in [3.63, 3.8) is 0 Å². The van der Waals surface area contributed by atoms with Crippen molar-refractivity contribution in [2.75, 3.05) is 12.3 Å². The standard InChI is InChI=1S/C15H18N6O3/c1-7-12(23)10(5-22)24-13(7)9-4-8(15-17-2-3-18-15)11-14(16)19-6-20-21(9)11/h2-4,6-7,10,12-13,22-23H,5H2,1H3,(H,17,18)(H2,16,19,20)/t7-,10+,12?,13+/m0/s1. The molecule has 0 spiro atoms. The third-order valence-corrected chi connectivity index (χ3v) is 4.55. The average molecular weight is 330 g/mol. The topological polar surface area (TPSA) is 135 Å². The second-order valence-corrected chi connectivity index (χ2v) is 5.95. The van der Waals surface area contributed by atoms with E-state index in [1.54, 1.807) is 16.9 Å². The summed E-state index contributed by atoms with van der Waals surface area (Å²) in [6.07, 6.45) is 2.94. The number of anilines is 1. The van der Waals surface area contributed by atoms with Crippen LogP contribution in [0.3, 0.4) is 0 Å². The summed E-state index contributed by atoms with van der Waals surface area (Å²) in [7, 11) is 0. The van der Waals surface area contributed by atoms with Crippen LogP contribution in [0.25, 0.3) is 16.9 Å². The van der Waals surface area contributed by atoms with Gasteiger partial charge in [-0.25, -0.2) is 14.5 Å². The van der Waals surface area contributed by atoms with Crippen molar-refractivity contribution in [1.82, 2.24) is 24.6 Å². The molecule has 9 nitrogen and oxygen atoms in total. The number of rotatable bonds is 3. The smallest absolute Gasteiger partial charge is 0.152 e. The van der Waals surface area contributed by atoms with Crippen molar-refractivity contribution in [3.05, 3.63) is 30.5 Å². The van der Waals surface area contributed by atoms with Crippen molar-refractivity contribution in [2.24, 2.45) is 5.92 Å². The van der Waals surface area contributed by atoms with E-state index >= 15 is 0 Å². The maximum Gasteiger partial charge on any atom is 0.152 e. The first kappa shape index (κ1) is 15.1. The lowest BCUT2D eigenvalue weighted by Gasteiger charge is -2.15. The van der Waals surface area contributed by atoms with Crippen molar-refractivity contribution in [2.45, 2.75) is 25.2 Å². The van der Waals surface area contributed by atoms with Crippen LogP contribution in [0.1, 0.15) is 18.7 Å². The van der Waals surface area contributed by atoms with Gasteiger partial charge in [-0.15, -0.1) is 0 Å². The van der Waals surface area contributed by atoms with Gasteiger partial charge in [0.1, 0.15) is 29.9 Å². The summed E-state index contributed by atoms with van der Waals surface area (Å²) in [4.78, 5) is 11.4. The molecule has 1 saturated heterocycles. The van der Waals surface area contributed by atoms with Crippen molar-refractivity contribution in [1.29, 1.82) is 0 Å². The van der Waals surface area contributed by atoms with E-state index in [9.17, 15) is 10.2 Å². The fraction of sp³-hybridized carbons (Fsp3) is 0.400. The van der Waals surface area contributed by atoms with Crippen LogP contribution in [0.15, 0.2) is 24.8 Å². The van der Waals surface area contributed by atoms with Crippen molar-refractivity contribution >= 4 is 11.3 Å². The number of nitrogens with one attached hydrogen (secondary N) is 1. The van der Waals surface area contributed by atoms with Gasteiger partial charge in [-0.2, -0.15) is 5.10 Å². The average Bonchev–Trinajstić information content (AvgIpc) is 3.28. The number of nitrogens with two attached hydrogens (primary N) is 1. The van der Waals surface area contributed by atoms with Crippen LogP contribution in [0, 0.1) is 5.92 Å². The van der Waals surface area contributed by atoms with E-state index in [1.807, 2.05) is 13.0 Å². The molecule has 1 fully saturated rings. The van der Waals surface area contributed by atoms with E-state index in [1.165, 1.54) is 6.33 Å². The Kier molecular flexibility index (Phi) is 3.48. The highest BCUT2D eigenvalue weighted by atomic mass is 16.5. The normalized spacial score (nSPS) is 27.1. The second-order valence-electron chi connectivity index (χ2n) is 5.95. The fourth-order valence-electron chi connectivity index (χ4n) is 3.29. The number of hydrogen-bond acceptors (Lipinski definition) is 7. The molecule has 0 amide bonds. The molecule has 0 saturated carbocycles. The molecule has 3 aromatic heterocycles. The van der Waals surface area contributed by atoms with Crippen LogP contribution >= 0.6 is 0 Å². The molecule has 9 heteroatoms. The number of fused-ring (bicyclic) bond motifs is 1. The molecule has 24 heavy (non-hydrogen) atoms. The van der Waals surface area contributed by atoms with E-state index in [0.29, 0.717) is 17.2 Å². The number of imidazole rings is 1. The van der Waals surface area contributed by atoms with Crippen molar-refractivity contribution in [3.8, 4) is 11.4 Å². The zero-order valence-electron chi connectivity index (χ0n) is 13.0. The Morgan fingerprint density at radius 1 is 1.42 bits per heavy atom. The van der Waals surface area contributed by atoms with Gasteiger partial charge in [0.15, 0.2) is 5.82 Å². The Hall–Kier alpha value is -2.49. The van der Waals surface area contributed by atoms with E-state index in [4.69, 9.17) is 10.5 Å². The summed E-state index contributed by atoms with van der Waals surface area (Å²) in [6, 6.07) is 1.88. The first-order valence-electron chi connectivity index (χ1n) is 7.68. The van der Waals surface area contributed by atoms with E-state index in [-0.39, 0.29) is 12.5 Å². The predicted octanol–water partition coefficient (Wildman–Crippen LogP) is 0.131. The minimum Gasteiger partial charge on any atom is -0.394 e. The van der Waals surface area contributed by atoms with Gasteiger partial charge in [0, 0.05) is 23.9 Å². The predicted molar refractivity (Wildman–Crippen MR) is 84.9 cm³/mol. The second kappa shape index (κ2) is 5.55. The van der Waals surface area contributed by atoms with Gasteiger partial charge in [0.05, 0.1) is 18.4 Å². The van der Waals surface area contributed by atoms with Gasteiger partial charge in [0.2, 0.25) is 0 Å². The Morgan fingerprint density at radius 2 is 2.25 bits per heavy atom. The molecule has 0 aromatic carbocycles. The Labute approximate surface area is 137 Å². The Balaban J connectivity index is 1.90. The van der Waals surface area contributed by atoms with Gasteiger partial charge in [-0.1, -0.05) is 6.92 Å². The van der Waals surface area contributed by atoms with Gasteiger partial charge >= 0.3 is 0 Å². The van der Waals surface area contributed by atoms with E-state index in [2.05, 4.69) is 20.1 Å². The third kappa shape index (κ3) is 2.09. The number of aromatic amines is 1. The van der Waals surface area contributed by atoms with Gasteiger partial charge in [0.25, 0.3) is 0 Å². The van der Waals surface area contributed by atoms with Crippen LogP contribution in [0.5, 0.6) is 0 Å². The van der Waals surface area contributed by atoms with Gasteiger partial charge < -0.3 is 25.7 Å². The molecule has 4 rings (SSSR count). The number of ether oxygens (including phenoxy) is 1. The molecule has 0 aliphatic carbocycles. The highest BCUT2D eigenvalue weighted by Crippen LogP contribution is 2.41. The third-order valence-electron chi connectivity index (χ3n) is 4.55. The maximum atomic E-state index is 10.2. The van der Waals surface area contributed by atoms with E-state index in [0.717, 1.165) is 11.3 Å². The van der Waals surface area contributed by atoms with Crippen LogP contribution < -0.4 is 5.73 Å².